The minimum absolute atomic E-state index is 0.00307. The lowest BCUT2D eigenvalue weighted by molar-refractivity contribution is -0.125. The maximum absolute atomic E-state index is 12.8. The fourth-order valence-electron chi connectivity index (χ4n) is 2.83. The van der Waals surface area contributed by atoms with Crippen molar-refractivity contribution in [2.24, 2.45) is 0 Å². The van der Waals surface area contributed by atoms with Gasteiger partial charge in [0.1, 0.15) is 0 Å². The first kappa shape index (κ1) is 13.6. The van der Waals surface area contributed by atoms with Gasteiger partial charge < -0.3 is 5.32 Å². The minimum atomic E-state index is -0.584. The van der Waals surface area contributed by atoms with Crippen molar-refractivity contribution in [3.8, 4) is 0 Å². The zero-order chi connectivity index (χ0) is 14.9. The highest BCUT2D eigenvalue weighted by molar-refractivity contribution is 5.94. The fraction of sp³-hybridized carbons (Fsp3) is 0.211. The lowest BCUT2D eigenvalue weighted by atomic mass is 9.83. The maximum Gasteiger partial charge on any atom is 0.234 e. The predicted octanol–water partition coefficient (Wildman–Crippen LogP) is 3.85. The zero-order valence-corrected chi connectivity index (χ0v) is 12.3. The molecule has 0 aromatic heterocycles. The molecule has 0 fully saturated rings. The normalized spacial score (nSPS) is 20.9. The van der Waals surface area contributed by atoms with E-state index in [0.717, 1.165) is 16.7 Å². The molecule has 0 saturated heterocycles. The van der Waals surface area contributed by atoms with Gasteiger partial charge in [0.15, 0.2) is 0 Å². The molecule has 1 aliphatic rings. The van der Waals surface area contributed by atoms with E-state index in [9.17, 15) is 4.79 Å². The summed E-state index contributed by atoms with van der Waals surface area (Å²) in [5.74, 6) is 0.0417. The van der Waals surface area contributed by atoms with E-state index in [-0.39, 0.29) is 11.9 Å². The fourth-order valence-corrected chi connectivity index (χ4v) is 2.83. The number of benzene rings is 2. The summed E-state index contributed by atoms with van der Waals surface area (Å²) in [6, 6.07) is 18.1. The van der Waals surface area contributed by atoms with E-state index < -0.39 is 5.41 Å². The molecule has 21 heavy (non-hydrogen) atoms. The van der Waals surface area contributed by atoms with Crippen LogP contribution in [-0.2, 0) is 10.2 Å². The number of carbonyl (C=O) groups excluding carboxylic acids is 1. The summed E-state index contributed by atoms with van der Waals surface area (Å²) in [6.45, 7) is 3.99. The summed E-state index contributed by atoms with van der Waals surface area (Å²) in [5.41, 5.74) is 2.73. The standard InChI is InChI=1S/C19H19NO/c1-14(15-8-4-3-5-9-15)20-18(21)19(2)13-12-16-10-6-7-11-17(16)19/h3-14H,1-2H3,(H,20,21)/t14-,19-/m1/s1. The average Bonchev–Trinajstić information content (AvgIpc) is 2.87. The lowest BCUT2D eigenvalue weighted by Gasteiger charge is -2.26. The quantitative estimate of drug-likeness (QED) is 0.907. The molecule has 2 atom stereocenters. The molecule has 2 heteroatoms. The number of amides is 1. The lowest BCUT2D eigenvalue weighted by Crippen LogP contribution is -2.41. The smallest absolute Gasteiger partial charge is 0.234 e. The van der Waals surface area contributed by atoms with E-state index >= 15 is 0 Å². The average molecular weight is 277 g/mol. The van der Waals surface area contributed by atoms with E-state index in [4.69, 9.17) is 0 Å². The largest absolute Gasteiger partial charge is 0.349 e. The van der Waals surface area contributed by atoms with E-state index in [1.165, 1.54) is 0 Å². The SMILES string of the molecule is C[C@@H](NC(=O)[C@]1(C)C=Cc2ccccc21)c1ccccc1. The molecule has 0 heterocycles. The van der Waals surface area contributed by atoms with Gasteiger partial charge in [0, 0.05) is 0 Å². The van der Waals surface area contributed by atoms with Crippen molar-refractivity contribution in [2.75, 3.05) is 0 Å². The van der Waals surface area contributed by atoms with Crippen LogP contribution in [0.3, 0.4) is 0 Å². The summed E-state index contributed by atoms with van der Waals surface area (Å²) in [4.78, 5) is 12.8. The Kier molecular flexibility index (Phi) is 3.38. The molecule has 1 N–H and O–H groups in total. The highest BCUT2D eigenvalue weighted by Gasteiger charge is 2.37. The Hall–Kier alpha value is -2.35. The molecular formula is C19H19NO. The third-order valence-corrected chi connectivity index (χ3v) is 4.24. The third kappa shape index (κ3) is 2.38. The summed E-state index contributed by atoms with van der Waals surface area (Å²) in [6.07, 6.45) is 4.02. The molecule has 3 rings (SSSR count). The van der Waals surface area contributed by atoms with Crippen LogP contribution in [0.1, 0.15) is 36.6 Å². The van der Waals surface area contributed by atoms with Crippen molar-refractivity contribution in [1.82, 2.24) is 5.32 Å². The molecule has 0 radical (unpaired) electrons. The summed E-state index contributed by atoms with van der Waals surface area (Å²) in [5, 5.41) is 3.13. The second-order valence-corrected chi connectivity index (χ2v) is 5.73. The van der Waals surface area contributed by atoms with Crippen LogP contribution in [0.25, 0.3) is 6.08 Å². The predicted molar refractivity (Wildman–Crippen MR) is 85.8 cm³/mol. The minimum Gasteiger partial charge on any atom is -0.349 e. The van der Waals surface area contributed by atoms with Crippen LogP contribution in [0.5, 0.6) is 0 Å². The van der Waals surface area contributed by atoms with Crippen molar-refractivity contribution in [3.63, 3.8) is 0 Å². The molecule has 1 aliphatic carbocycles. The molecule has 0 saturated carbocycles. The van der Waals surface area contributed by atoms with Crippen LogP contribution >= 0.6 is 0 Å². The van der Waals surface area contributed by atoms with Gasteiger partial charge in [0.05, 0.1) is 11.5 Å². The van der Waals surface area contributed by atoms with Gasteiger partial charge >= 0.3 is 0 Å². The number of carbonyl (C=O) groups is 1. The van der Waals surface area contributed by atoms with Crippen LogP contribution in [-0.4, -0.2) is 5.91 Å². The Morgan fingerprint density at radius 1 is 1.05 bits per heavy atom. The maximum atomic E-state index is 12.8. The van der Waals surface area contributed by atoms with Gasteiger partial charge in [-0.15, -0.1) is 0 Å². The molecule has 2 nitrogen and oxygen atoms in total. The molecule has 106 valence electrons. The molecule has 2 aromatic carbocycles. The van der Waals surface area contributed by atoms with Crippen molar-refractivity contribution >= 4 is 12.0 Å². The van der Waals surface area contributed by atoms with Gasteiger partial charge in [-0.25, -0.2) is 0 Å². The number of rotatable bonds is 3. The number of nitrogens with one attached hydrogen (secondary N) is 1. The van der Waals surface area contributed by atoms with Crippen molar-refractivity contribution in [1.29, 1.82) is 0 Å². The van der Waals surface area contributed by atoms with Crippen LogP contribution in [0.4, 0.5) is 0 Å². The van der Waals surface area contributed by atoms with Gasteiger partial charge in [-0.05, 0) is 30.5 Å². The van der Waals surface area contributed by atoms with Gasteiger partial charge in [0.25, 0.3) is 0 Å². The molecule has 2 aromatic rings. The van der Waals surface area contributed by atoms with E-state index in [1.54, 1.807) is 0 Å². The first-order valence-corrected chi connectivity index (χ1v) is 7.26. The Morgan fingerprint density at radius 3 is 2.48 bits per heavy atom. The van der Waals surface area contributed by atoms with Gasteiger partial charge in [-0.1, -0.05) is 66.7 Å². The van der Waals surface area contributed by atoms with Crippen LogP contribution < -0.4 is 5.32 Å². The van der Waals surface area contributed by atoms with E-state index in [2.05, 4.69) is 5.32 Å². The first-order valence-electron chi connectivity index (χ1n) is 7.26. The highest BCUT2D eigenvalue weighted by Crippen LogP contribution is 2.36. The second-order valence-electron chi connectivity index (χ2n) is 5.73. The van der Waals surface area contributed by atoms with E-state index in [1.807, 2.05) is 80.6 Å². The molecule has 0 bridgehead atoms. The monoisotopic (exact) mass is 277 g/mol. The van der Waals surface area contributed by atoms with Crippen molar-refractivity contribution in [2.45, 2.75) is 25.3 Å². The molecular weight excluding hydrogens is 258 g/mol. The Labute approximate surface area is 125 Å². The Balaban J connectivity index is 1.82. The first-order chi connectivity index (χ1) is 10.1. The Morgan fingerprint density at radius 2 is 1.71 bits per heavy atom. The van der Waals surface area contributed by atoms with Gasteiger partial charge in [0.2, 0.25) is 5.91 Å². The molecule has 0 aliphatic heterocycles. The van der Waals surface area contributed by atoms with Crippen molar-refractivity contribution < 1.29 is 4.79 Å². The molecule has 0 spiro atoms. The summed E-state index contributed by atoms with van der Waals surface area (Å²) in [7, 11) is 0. The highest BCUT2D eigenvalue weighted by atomic mass is 16.2. The summed E-state index contributed by atoms with van der Waals surface area (Å²) >= 11 is 0. The van der Waals surface area contributed by atoms with Crippen LogP contribution in [0, 0.1) is 0 Å². The third-order valence-electron chi connectivity index (χ3n) is 4.24. The number of fused-ring (bicyclic) bond motifs is 1. The van der Waals surface area contributed by atoms with Crippen molar-refractivity contribution in [3.05, 3.63) is 77.4 Å². The summed E-state index contributed by atoms with van der Waals surface area (Å²) < 4.78 is 0. The zero-order valence-electron chi connectivity index (χ0n) is 12.3. The molecule has 0 unspecified atom stereocenters. The Bertz CT molecular complexity index is 690. The molecule has 1 amide bonds. The topological polar surface area (TPSA) is 29.1 Å². The van der Waals surface area contributed by atoms with Crippen LogP contribution in [0.15, 0.2) is 60.7 Å². The van der Waals surface area contributed by atoms with E-state index in [0.29, 0.717) is 0 Å². The van der Waals surface area contributed by atoms with Gasteiger partial charge in [-0.2, -0.15) is 0 Å². The van der Waals surface area contributed by atoms with Crippen LogP contribution in [0.2, 0.25) is 0 Å². The number of hydrogen-bond acceptors (Lipinski definition) is 1. The second kappa shape index (κ2) is 5.21. The van der Waals surface area contributed by atoms with Gasteiger partial charge in [-0.3, -0.25) is 4.79 Å². The number of hydrogen-bond donors (Lipinski definition) is 1.